The van der Waals surface area contributed by atoms with Gasteiger partial charge in [-0.1, -0.05) is 36.4 Å². The van der Waals surface area contributed by atoms with Crippen molar-refractivity contribution in [2.75, 3.05) is 6.61 Å². The van der Waals surface area contributed by atoms with Gasteiger partial charge in [0.1, 0.15) is 11.8 Å². The molecule has 0 aliphatic heterocycles. The minimum absolute atomic E-state index is 0.00611. The highest BCUT2D eigenvalue weighted by atomic mass is 16.3. The standard InChI is InChI=1S/C15H15N3O/c16-9-14-13(7-4-8-17-14)10-18-15(11-19)12-5-2-1-3-6-12/h1-8,15,18-19H,10-11H2. The summed E-state index contributed by atoms with van der Waals surface area (Å²) in [6, 6.07) is 15.3. The average Bonchev–Trinajstić information content (AvgIpc) is 2.49. The number of hydrogen-bond acceptors (Lipinski definition) is 4. The molecule has 0 aliphatic carbocycles. The van der Waals surface area contributed by atoms with E-state index in [1.54, 1.807) is 12.3 Å². The zero-order chi connectivity index (χ0) is 13.5. The third-order valence-corrected chi connectivity index (χ3v) is 2.92. The first kappa shape index (κ1) is 13.2. The summed E-state index contributed by atoms with van der Waals surface area (Å²) in [7, 11) is 0. The van der Waals surface area contributed by atoms with Gasteiger partial charge in [-0.3, -0.25) is 0 Å². The molecule has 0 bridgehead atoms. The fourth-order valence-electron chi connectivity index (χ4n) is 1.89. The van der Waals surface area contributed by atoms with Gasteiger partial charge in [0.05, 0.1) is 12.6 Å². The maximum Gasteiger partial charge on any atom is 0.144 e. The van der Waals surface area contributed by atoms with Crippen molar-refractivity contribution in [3.63, 3.8) is 0 Å². The van der Waals surface area contributed by atoms with Crippen LogP contribution in [0.4, 0.5) is 0 Å². The van der Waals surface area contributed by atoms with Crippen molar-refractivity contribution in [2.45, 2.75) is 12.6 Å². The monoisotopic (exact) mass is 253 g/mol. The number of aromatic nitrogens is 1. The first-order valence-electron chi connectivity index (χ1n) is 6.08. The number of benzene rings is 1. The molecule has 4 nitrogen and oxygen atoms in total. The zero-order valence-electron chi connectivity index (χ0n) is 10.5. The van der Waals surface area contributed by atoms with Crippen LogP contribution in [-0.4, -0.2) is 16.7 Å². The maximum atomic E-state index is 9.44. The lowest BCUT2D eigenvalue weighted by atomic mass is 10.1. The largest absolute Gasteiger partial charge is 0.394 e. The molecular weight excluding hydrogens is 238 g/mol. The first-order valence-corrected chi connectivity index (χ1v) is 6.08. The van der Waals surface area contributed by atoms with Crippen LogP contribution in [0, 0.1) is 11.3 Å². The molecule has 2 rings (SSSR count). The molecular formula is C15H15N3O. The summed E-state index contributed by atoms with van der Waals surface area (Å²) in [6.45, 7) is 0.503. The van der Waals surface area contributed by atoms with Crippen molar-refractivity contribution < 1.29 is 5.11 Å². The number of rotatable bonds is 5. The lowest BCUT2D eigenvalue weighted by molar-refractivity contribution is 0.243. The number of nitriles is 1. The van der Waals surface area contributed by atoms with Gasteiger partial charge in [-0.2, -0.15) is 5.26 Å². The lowest BCUT2D eigenvalue weighted by Crippen LogP contribution is -2.24. The molecule has 0 fully saturated rings. The molecule has 0 radical (unpaired) electrons. The summed E-state index contributed by atoms with van der Waals surface area (Å²) >= 11 is 0. The Bertz CT molecular complexity index is 563. The topological polar surface area (TPSA) is 68.9 Å². The Hall–Kier alpha value is -2.22. The molecule has 1 atom stereocenters. The van der Waals surface area contributed by atoms with Crippen LogP contribution < -0.4 is 5.32 Å². The molecule has 19 heavy (non-hydrogen) atoms. The second-order valence-electron chi connectivity index (χ2n) is 4.15. The van der Waals surface area contributed by atoms with E-state index >= 15 is 0 Å². The van der Waals surface area contributed by atoms with Gasteiger partial charge < -0.3 is 10.4 Å². The van der Waals surface area contributed by atoms with Gasteiger partial charge in [0.2, 0.25) is 0 Å². The van der Waals surface area contributed by atoms with E-state index in [-0.39, 0.29) is 12.6 Å². The van der Waals surface area contributed by atoms with E-state index in [1.807, 2.05) is 36.4 Å². The minimum Gasteiger partial charge on any atom is -0.394 e. The number of nitrogens with zero attached hydrogens (tertiary/aromatic N) is 2. The quantitative estimate of drug-likeness (QED) is 0.852. The van der Waals surface area contributed by atoms with Crippen LogP contribution in [-0.2, 0) is 6.54 Å². The van der Waals surface area contributed by atoms with Crippen LogP contribution >= 0.6 is 0 Å². The van der Waals surface area contributed by atoms with Crippen LogP contribution in [0.3, 0.4) is 0 Å². The van der Waals surface area contributed by atoms with Crippen LogP contribution in [0.5, 0.6) is 0 Å². The van der Waals surface area contributed by atoms with Gasteiger partial charge in [-0.15, -0.1) is 0 Å². The minimum atomic E-state index is -0.145. The summed E-state index contributed by atoms with van der Waals surface area (Å²) in [5, 5.41) is 21.6. The van der Waals surface area contributed by atoms with Crippen molar-refractivity contribution in [3.8, 4) is 6.07 Å². The number of aliphatic hydroxyl groups is 1. The summed E-state index contributed by atoms with van der Waals surface area (Å²) in [5.74, 6) is 0. The number of hydrogen-bond donors (Lipinski definition) is 2. The zero-order valence-corrected chi connectivity index (χ0v) is 10.5. The van der Waals surface area contributed by atoms with Crippen molar-refractivity contribution in [3.05, 3.63) is 65.5 Å². The molecule has 2 aromatic rings. The van der Waals surface area contributed by atoms with Crippen LogP contribution in [0.1, 0.15) is 22.9 Å². The Labute approximate surface area is 112 Å². The van der Waals surface area contributed by atoms with Crippen molar-refractivity contribution in [1.29, 1.82) is 5.26 Å². The third kappa shape index (κ3) is 3.38. The van der Waals surface area contributed by atoms with Gasteiger partial charge >= 0.3 is 0 Å². The smallest absolute Gasteiger partial charge is 0.144 e. The van der Waals surface area contributed by atoms with Gasteiger partial charge in [0.25, 0.3) is 0 Å². The third-order valence-electron chi connectivity index (χ3n) is 2.92. The van der Waals surface area contributed by atoms with Crippen LogP contribution in [0.25, 0.3) is 0 Å². The highest BCUT2D eigenvalue weighted by Gasteiger charge is 2.10. The predicted molar refractivity (Wildman–Crippen MR) is 72.1 cm³/mol. The molecule has 1 aromatic heterocycles. The number of aliphatic hydroxyl groups excluding tert-OH is 1. The summed E-state index contributed by atoms with van der Waals surface area (Å²) in [5.41, 5.74) is 2.27. The molecule has 2 N–H and O–H groups in total. The van der Waals surface area contributed by atoms with Crippen molar-refractivity contribution >= 4 is 0 Å². The van der Waals surface area contributed by atoms with E-state index < -0.39 is 0 Å². The summed E-state index contributed by atoms with van der Waals surface area (Å²) in [4.78, 5) is 4.01. The Morgan fingerprint density at radius 3 is 2.68 bits per heavy atom. The molecule has 1 unspecified atom stereocenters. The van der Waals surface area contributed by atoms with E-state index in [1.165, 1.54) is 0 Å². The Kier molecular flexibility index (Phi) is 4.62. The normalized spacial score (nSPS) is 11.8. The predicted octanol–water partition coefficient (Wildman–Crippen LogP) is 1.78. The SMILES string of the molecule is N#Cc1ncccc1CNC(CO)c1ccccc1. The van der Waals surface area contributed by atoms with E-state index in [9.17, 15) is 5.11 Å². The molecule has 1 heterocycles. The number of nitrogens with one attached hydrogen (secondary N) is 1. The van der Waals surface area contributed by atoms with Crippen LogP contribution in [0.2, 0.25) is 0 Å². The van der Waals surface area contributed by atoms with Crippen molar-refractivity contribution in [1.82, 2.24) is 10.3 Å². The molecule has 4 heteroatoms. The highest BCUT2D eigenvalue weighted by molar-refractivity contribution is 5.30. The molecule has 96 valence electrons. The summed E-state index contributed by atoms with van der Waals surface area (Å²) in [6.07, 6.45) is 1.60. The molecule has 0 saturated carbocycles. The Morgan fingerprint density at radius 2 is 2.00 bits per heavy atom. The van der Waals surface area contributed by atoms with Crippen molar-refractivity contribution in [2.24, 2.45) is 0 Å². The van der Waals surface area contributed by atoms with Gasteiger partial charge in [-0.05, 0) is 11.6 Å². The van der Waals surface area contributed by atoms with E-state index in [2.05, 4.69) is 16.4 Å². The van der Waals surface area contributed by atoms with Gasteiger partial charge in [0, 0.05) is 18.3 Å². The van der Waals surface area contributed by atoms with Crippen LogP contribution in [0.15, 0.2) is 48.7 Å². The second-order valence-corrected chi connectivity index (χ2v) is 4.15. The van der Waals surface area contributed by atoms with Gasteiger partial charge in [0.15, 0.2) is 0 Å². The van der Waals surface area contributed by atoms with Gasteiger partial charge in [-0.25, -0.2) is 4.98 Å². The fraction of sp³-hybridized carbons (Fsp3) is 0.200. The average molecular weight is 253 g/mol. The fourth-order valence-corrected chi connectivity index (χ4v) is 1.89. The molecule has 0 aliphatic rings. The second kappa shape index (κ2) is 6.64. The van der Waals surface area contributed by atoms with E-state index in [4.69, 9.17) is 5.26 Å². The molecule has 0 saturated heterocycles. The summed E-state index contributed by atoms with van der Waals surface area (Å²) < 4.78 is 0. The highest BCUT2D eigenvalue weighted by Crippen LogP contribution is 2.13. The molecule has 1 aromatic carbocycles. The molecule has 0 spiro atoms. The molecule has 0 amide bonds. The first-order chi connectivity index (χ1) is 9.35. The Morgan fingerprint density at radius 1 is 1.21 bits per heavy atom. The Balaban J connectivity index is 2.07. The number of pyridine rings is 1. The maximum absolute atomic E-state index is 9.44. The van der Waals surface area contributed by atoms with E-state index in [0.717, 1.165) is 11.1 Å². The van der Waals surface area contributed by atoms with E-state index in [0.29, 0.717) is 12.2 Å². The lowest BCUT2D eigenvalue weighted by Gasteiger charge is -2.16.